The molecule has 0 aromatic carbocycles. The second-order valence-corrected chi connectivity index (χ2v) is 6.21. The first-order valence-electron chi connectivity index (χ1n) is 6.97. The molecule has 1 aliphatic rings. The van der Waals surface area contributed by atoms with E-state index in [4.69, 9.17) is 4.74 Å². The number of hydrogen-bond acceptors (Lipinski definition) is 3. The number of piperidine rings is 1. The van der Waals surface area contributed by atoms with Gasteiger partial charge in [-0.25, -0.2) is 9.59 Å². The molecule has 2 unspecified atom stereocenters. The second kappa shape index (κ2) is 6.26. The fraction of sp³-hybridized carbons (Fsp3) is 0.857. The van der Waals surface area contributed by atoms with E-state index in [1.54, 1.807) is 20.8 Å². The Hall–Kier alpha value is -1.26. The van der Waals surface area contributed by atoms with Crippen LogP contribution in [0.5, 0.6) is 0 Å². The molecule has 5 heteroatoms. The number of carbonyl (C=O) groups is 2. The van der Waals surface area contributed by atoms with Crippen LogP contribution in [-0.2, 0) is 9.53 Å². The monoisotopic (exact) mass is 271 g/mol. The maximum absolute atomic E-state index is 12.0. The summed E-state index contributed by atoms with van der Waals surface area (Å²) >= 11 is 0. The number of rotatable bonds is 3. The molecule has 1 fully saturated rings. The fourth-order valence-corrected chi connectivity index (χ4v) is 2.48. The summed E-state index contributed by atoms with van der Waals surface area (Å²) in [5.74, 6) is -0.545. The SMILES string of the molecule is CCCC1CCN(C(=O)OC(C)(C)C)C(C(=O)O)C1. The molecule has 19 heavy (non-hydrogen) atoms. The lowest BCUT2D eigenvalue weighted by Gasteiger charge is -2.37. The zero-order chi connectivity index (χ0) is 14.6. The Morgan fingerprint density at radius 2 is 2.00 bits per heavy atom. The molecule has 0 bridgehead atoms. The van der Waals surface area contributed by atoms with Crippen LogP contribution in [0.25, 0.3) is 0 Å². The second-order valence-electron chi connectivity index (χ2n) is 6.21. The highest BCUT2D eigenvalue weighted by Crippen LogP contribution is 2.28. The number of nitrogens with zero attached hydrogens (tertiary/aromatic N) is 1. The van der Waals surface area contributed by atoms with Crippen LogP contribution in [0.2, 0.25) is 0 Å². The Bertz CT molecular complexity index is 335. The van der Waals surface area contributed by atoms with Crippen LogP contribution in [-0.4, -0.2) is 40.3 Å². The number of amides is 1. The average Bonchev–Trinajstić information content (AvgIpc) is 2.26. The van der Waals surface area contributed by atoms with E-state index in [1.807, 2.05) is 0 Å². The summed E-state index contributed by atoms with van der Waals surface area (Å²) in [4.78, 5) is 24.7. The van der Waals surface area contributed by atoms with E-state index < -0.39 is 23.7 Å². The van der Waals surface area contributed by atoms with Crippen LogP contribution in [0.4, 0.5) is 4.79 Å². The van der Waals surface area contributed by atoms with Crippen LogP contribution in [0.3, 0.4) is 0 Å². The maximum atomic E-state index is 12.0. The van der Waals surface area contributed by atoms with Gasteiger partial charge in [-0.1, -0.05) is 19.8 Å². The number of aliphatic carboxylic acids is 1. The van der Waals surface area contributed by atoms with Gasteiger partial charge in [0.05, 0.1) is 0 Å². The fourth-order valence-electron chi connectivity index (χ4n) is 2.48. The van der Waals surface area contributed by atoms with Crippen molar-refractivity contribution < 1.29 is 19.4 Å². The van der Waals surface area contributed by atoms with E-state index >= 15 is 0 Å². The number of carboxylic acids is 1. The molecule has 1 aliphatic heterocycles. The summed E-state index contributed by atoms with van der Waals surface area (Å²) in [6.07, 6.45) is 2.93. The topological polar surface area (TPSA) is 66.8 Å². The van der Waals surface area contributed by atoms with Gasteiger partial charge in [-0.3, -0.25) is 4.90 Å². The summed E-state index contributed by atoms with van der Waals surface area (Å²) in [6.45, 7) is 7.91. The van der Waals surface area contributed by atoms with Crippen molar-refractivity contribution in [2.75, 3.05) is 6.54 Å². The van der Waals surface area contributed by atoms with Gasteiger partial charge < -0.3 is 9.84 Å². The average molecular weight is 271 g/mol. The van der Waals surface area contributed by atoms with Crippen LogP contribution in [0.1, 0.15) is 53.4 Å². The van der Waals surface area contributed by atoms with Gasteiger partial charge in [-0.15, -0.1) is 0 Å². The van der Waals surface area contributed by atoms with Gasteiger partial charge in [0, 0.05) is 6.54 Å². The molecule has 1 rings (SSSR count). The molecule has 110 valence electrons. The minimum atomic E-state index is -0.938. The third kappa shape index (κ3) is 4.73. The van der Waals surface area contributed by atoms with E-state index in [-0.39, 0.29) is 0 Å². The lowest BCUT2D eigenvalue weighted by atomic mass is 9.88. The first-order chi connectivity index (χ1) is 8.74. The van der Waals surface area contributed by atoms with Crippen molar-refractivity contribution in [3.8, 4) is 0 Å². The molecule has 0 saturated carbocycles. The van der Waals surface area contributed by atoms with Crippen LogP contribution < -0.4 is 0 Å². The van der Waals surface area contributed by atoms with E-state index in [2.05, 4.69) is 6.92 Å². The first kappa shape index (κ1) is 15.8. The van der Waals surface area contributed by atoms with Crippen LogP contribution >= 0.6 is 0 Å². The molecular formula is C14H25NO4. The molecule has 5 nitrogen and oxygen atoms in total. The third-order valence-corrected chi connectivity index (χ3v) is 3.32. The van der Waals surface area contributed by atoms with Crippen LogP contribution in [0, 0.1) is 5.92 Å². The lowest BCUT2D eigenvalue weighted by Crippen LogP contribution is -2.51. The van der Waals surface area contributed by atoms with Crippen molar-refractivity contribution in [3.05, 3.63) is 0 Å². The predicted molar refractivity (Wildman–Crippen MR) is 72.0 cm³/mol. The molecule has 0 aromatic rings. The van der Waals surface area contributed by atoms with Crippen molar-refractivity contribution >= 4 is 12.1 Å². The molecule has 2 atom stereocenters. The Kier molecular flexibility index (Phi) is 5.20. The zero-order valence-corrected chi connectivity index (χ0v) is 12.3. The number of ether oxygens (including phenoxy) is 1. The lowest BCUT2D eigenvalue weighted by molar-refractivity contribution is -0.145. The van der Waals surface area contributed by atoms with Crippen molar-refractivity contribution in [2.24, 2.45) is 5.92 Å². The molecule has 0 aliphatic carbocycles. The van der Waals surface area contributed by atoms with Crippen molar-refractivity contribution in [3.63, 3.8) is 0 Å². The normalized spacial score (nSPS) is 24.1. The van der Waals surface area contributed by atoms with Crippen molar-refractivity contribution in [2.45, 2.75) is 65.0 Å². The standard InChI is InChI=1S/C14H25NO4/c1-5-6-10-7-8-15(11(9-10)12(16)17)13(18)19-14(2,3)4/h10-11H,5-9H2,1-4H3,(H,16,17). The summed E-state index contributed by atoms with van der Waals surface area (Å²) in [5.41, 5.74) is -0.597. The summed E-state index contributed by atoms with van der Waals surface area (Å²) in [5, 5.41) is 9.29. The number of carboxylic acid groups (broad SMARTS) is 1. The summed E-state index contributed by atoms with van der Waals surface area (Å²) < 4.78 is 5.28. The highest BCUT2D eigenvalue weighted by Gasteiger charge is 2.37. The van der Waals surface area contributed by atoms with Crippen molar-refractivity contribution in [1.29, 1.82) is 0 Å². The van der Waals surface area contributed by atoms with Gasteiger partial charge in [-0.05, 0) is 39.5 Å². The molecular weight excluding hydrogens is 246 g/mol. The van der Waals surface area contributed by atoms with Gasteiger partial charge >= 0.3 is 12.1 Å². The van der Waals surface area contributed by atoms with E-state index in [1.165, 1.54) is 4.90 Å². The number of carbonyl (C=O) groups excluding carboxylic acids is 1. The van der Waals surface area contributed by atoms with E-state index in [9.17, 15) is 14.7 Å². The first-order valence-corrected chi connectivity index (χ1v) is 6.97. The molecule has 1 saturated heterocycles. The Labute approximate surface area is 114 Å². The Balaban J connectivity index is 2.72. The van der Waals surface area contributed by atoms with E-state index in [0.29, 0.717) is 18.9 Å². The minimum absolute atomic E-state index is 0.393. The van der Waals surface area contributed by atoms with Crippen LogP contribution in [0.15, 0.2) is 0 Å². The van der Waals surface area contributed by atoms with Gasteiger partial charge in [0.25, 0.3) is 0 Å². The molecule has 0 radical (unpaired) electrons. The van der Waals surface area contributed by atoms with Gasteiger partial charge in [-0.2, -0.15) is 0 Å². The summed E-state index contributed by atoms with van der Waals surface area (Å²) in [6, 6.07) is -0.750. The predicted octanol–water partition coefficient (Wildman–Crippen LogP) is 2.89. The highest BCUT2D eigenvalue weighted by atomic mass is 16.6. The third-order valence-electron chi connectivity index (χ3n) is 3.32. The quantitative estimate of drug-likeness (QED) is 0.857. The van der Waals surface area contributed by atoms with E-state index in [0.717, 1.165) is 19.3 Å². The van der Waals surface area contributed by atoms with Crippen molar-refractivity contribution in [1.82, 2.24) is 4.90 Å². The summed E-state index contributed by atoms with van der Waals surface area (Å²) in [7, 11) is 0. The maximum Gasteiger partial charge on any atom is 0.411 e. The minimum Gasteiger partial charge on any atom is -0.480 e. The molecule has 1 amide bonds. The molecule has 0 aromatic heterocycles. The molecule has 1 heterocycles. The molecule has 1 N–H and O–H groups in total. The van der Waals surface area contributed by atoms with Gasteiger partial charge in [0.2, 0.25) is 0 Å². The number of likely N-dealkylation sites (tertiary alicyclic amines) is 1. The highest BCUT2D eigenvalue weighted by molar-refractivity contribution is 5.80. The van der Waals surface area contributed by atoms with Gasteiger partial charge in [0.1, 0.15) is 11.6 Å². The largest absolute Gasteiger partial charge is 0.480 e. The Morgan fingerprint density at radius 1 is 1.37 bits per heavy atom. The number of hydrogen-bond donors (Lipinski definition) is 1. The zero-order valence-electron chi connectivity index (χ0n) is 12.3. The molecule has 0 spiro atoms. The smallest absolute Gasteiger partial charge is 0.411 e. The Morgan fingerprint density at radius 3 is 2.47 bits per heavy atom. The van der Waals surface area contributed by atoms with Gasteiger partial charge in [0.15, 0.2) is 0 Å².